The summed E-state index contributed by atoms with van der Waals surface area (Å²) in [5.41, 5.74) is -0.324. The molecule has 114 valence electrons. The molecular formula is C17H24N2O2. The number of allylic oxidation sites excluding steroid dienone is 1. The maximum atomic E-state index is 10.8. The number of benzene rings is 1. The van der Waals surface area contributed by atoms with Crippen LogP contribution in [0.5, 0.6) is 0 Å². The first-order chi connectivity index (χ1) is 9.70. The smallest absolute Gasteiger partial charge is 0.211 e. The van der Waals surface area contributed by atoms with Gasteiger partial charge in [0.05, 0.1) is 0 Å². The number of nitrogens with zero attached hydrogens (tertiary/aromatic N) is 2. The second-order valence-electron chi connectivity index (χ2n) is 5.81. The number of anilines is 1. The fourth-order valence-corrected chi connectivity index (χ4v) is 2.50. The van der Waals surface area contributed by atoms with Crippen molar-refractivity contribution in [3.63, 3.8) is 0 Å². The van der Waals surface area contributed by atoms with Gasteiger partial charge in [-0.2, -0.15) is 5.26 Å². The van der Waals surface area contributed by atoms with Crippen molar-refractivity contribution in [1.29, 1.82) is 5.26 Å². The van der Waals surface area contributed by atoms with Crippen LogP contribution in [0.2, 0.25) is 0 Å². The highest BCUT2D eigenvalue weighted by Gasteiger charge is 2.48. The lowest BCUT2D eigenvalue weighted by atomic mass is 9.78. The Morgan fingerprint density at radius 2 is 1.81 bits per heavy atom. The molecule has 1 N–H and O–H groups in total. The topological polar surface area (TPSA) is 56.5 Å². The van der Waals surface area contributed by atoms with Crippen LogP contribution in [0.4, 0.5) is 5.69 Å². The van der Waals surface area contributed by atoms with Crippen LogP contribution < -0.4 is 4.90 Å². The van der Waals surface area contributed by atoms with Gasteiger partial charge in [0.1, 0.15) is 11.7 Å². The van der Waals surface area contributed by atoms with Crippen LogP contribution in [0, 0.1) is 11.3 Å². The van der Waals surface area contributed by atoms with Gasteiger partial charge in [0.2, 0.25) is 5.60 Å². The molecule has 2 unspecified atom stereocenters. The van der Waals surface area contributed by atoms with Crippen LogP contribution in [-0.4, -0.2) is 31.9 Å². The van der Waals surface area contributed by atoms with E-state index in [4.69, 9.17) is 4.74 Å². The Morgan fingerprint density at radius 3 is 2.14 bits per heavy atom. The Kier molecular flexibility index (Phi) is 5.16. The minimum Gasteiger partial charge on any atom is -0.381 e. The van der Waals surface area contributed by atoms with Crippen molar-refractivity contribution < 1.29 is 9.84 Å². The van der Waals surface area contributed by atoms with Crippen LogP contribution in [0.15, 0.2) is 35.9 Å². The average molecular weight is 288 g/mol. The molecule has 0 amide bonds. The van der Waals surface area contributed by atoms with E-state index in [1.165, 1.54) is 7.11 Å². The standard InChI is InChI=1S/C17H24N2O2/c1-13(2)11-16(3,20)17(12-18,21-6)14-7-9-15(10-8-14)19(4)5/h7-11,20H,1-6H3. The second-order valence-corrected chi connectivity index (χ2v) is 5.81. The summed E-state index contributed by atoms with van der Waals surface area (Å²) in [5, 5.41) is 20.5. The third-order valence-corrected chi connectivity index (χ3v) is 3.54. The van der Waals surface area contributed by atoms with E-state index in [1.807, 2.05) is 57.1 Å². The van der Waals surface area contributed by atoms with E-state index in [0.29, 0.717) is 5.56 Å². The number of nitriles is 1. The van der Waals surface area contributed by atoms with Crippen LogP contribution in [-0.2, 0) is 10.3 Å². The molecule has 0 aliphatic carbocycles. The zero-order valence-electron chi connectivity index (χ0n) is 13.6. The molecule has 2 atom stereocenters. The van der Waals surface area contributed by atoms with E-state index in [0.717, 1.165) is 11.3 Å². The lowest BCUT2D eigenvalue weighted by molar-refractivity contribution is -0.105. The molecule has 1 aromatic rings. The number of ether oxygens (including phenoxy) is 1. The van der Waals surface area contributed by atoms with Gasteiger partial charge in [0, 0.05) is 32.5 Å². The maximum absolute atomic E-state index is 10.8. The molecule has 0 fully saturated rings. The molecule has 21 heavy (non-hydrogen) atoms. The Hall–Kier alpha value is -1.83. The van der Waals surface area contributed by atoms with Crippen LogP contribution in [0.3, 0.4) is 0 Å². The Bertz CT molecular complexity index is 549. The van der Waals surface area contributed by atoms with Gasteiger partial charge in [-0.3, -0.25) is 0 Å². The Morgan fingerprint density at radius 1 is 1.29 bits per heavy atom. The normalized spacial score (nSPS) is 16.3. The first kappa shape index (κ1) is 17.2. The summed E-state index contributed by atoms with van der Waals surface area (Å²) in [6, 6.07) is 9.58. The highest BCUT2D eigenvalue weighted by molar-refractivity contribution is 5.49. The zero-order valence-corrected chi connectivity index (χ0v) is 13.6. The highest BCUT2D eigenvalue weighted by atomic mass is 16.5. The fraction of sp³-hybridized carbons (Fsp3) is 0.471. The predicted molar refractivity (Wildman–Crippen MR) is 85.1 cm³/mol. The van der Waals surface area contributed by atoms with E-state index >= 15 is 0 Å². The molecular weight excluding hydrogens is 264 g/mol. The van der Waals surface area contributed by atoms with Gasteiger partial charge < -0.3 is 14.7 Å². The SMILES string of the molecule is COC(C#N)(c1ccc(N(C)C)cc1)C(C)(O)C=C(C)C. The third-order valence-electron chi connectivity index (χ3n) is 3.54. The van der Waals surface area contributed by atoms with Crippen LogP contribution in [0.1, 0.15) is 26.3 Å². The molecule has 0 heterocycles. The molecule has 0 bridgehead atoms. The average Bonchev–Trinajstić information content (AvgIpc) is 2.39. The minimum atomic E-state index is -1.45. The van der Waals surface area contributed by atoms with E-state index in [-0.39, 0.29) is 0 Å². The Labute approximate surface area is 127 Å². The highest BCUT2D eigenvalue weighted by Crippen LogP contribution is 2.38. The summed E-state index contributed by atoms with van der Waals surface area (Å²) >= 11 is 0. The minimum absolute atomic E-state index is 0.626. The molecule has 4 nitrogen and oxygen atoms in total. The molecule has 0 aliphatic heterocycles. The van der Waals surface area contributed by atoms with E-state index < -0.39 is 11.2 Å². The van der Waals surface area contributed by atoms with Gasteiger partial charge in [0.15, 0.2) is 0 Å². The lowest BCUT2D eigenvalue weighted by Crippen LogP contribution is -2.49. The number of hydrogen-bond donors (Lipinski definition) is 1. The molecule has 1 aromatic carbocycles. The largest absolute Gasteiger partial charge is 0.381 e. The van der Waals surface area contributed by atoms with Gasteiger partial charge in [0.25, 0.3) is 0 Å². The molecule has 0 aliphatic rings. The van der Waals surface area contributed by atoms with Gasteiger partial charge >= 0.3 is 0 Å². The molecule has 0 saturated heterocycles. The number of rotatable bonds is 5. The summed E-state index contributed by atoms with van der Waals surface area (Å²) in [7, 11) is 5.33. The lowest BCUT2D eigenvalue weighted by Gasteiger charge is -2.37. The maximum Gasteiger partial charge on any atom is 0.211 e. The summed E-state index contributed by atoms with van der Waals surface area (Å²) in [5.74, 6) is 0. The van der Waals surface area contributed by atoms with Gasteiger partial charge in [-0.05, 0) is 32.9 Å². The van der Waals surface area contributed by atoms with Gasteiger partial charge in [-0.15, -0.1) is 0 Å². The first-order valence-electron chi connectivity index (χ1n) is 6.83. The van der Waals surface area contributed by atoms with Crippen LogP contribution in [0.25, 0.3) is 0 Å². The van der Waals surface area contributed by atoms with E-state index in [2.05, 4.69) is 6.07 Å². The molecule has 1 rings (SSSR count). The van der Waals surface area contributed by atoms with Crippen LogP contribution >= 0.6 is 0 Å². The number of methoxy groups -OCH3 is 1. The van der Waals surface area contributed by atoms with E-state index in [1.54, 1.807) is 13.0 Å². The summed E-state index contributed by atoms with van der Waals surface area (Å²) in [6.07, 6.45) is 1.65. The van der Waals surface area contributed by atoms with Crippen molar-refractivity contribution >= 4 is 5.69 Å². The van der Waals surface area contributed by atoms with Gasteiger partial charge in [-0.1, -0.05) is 23.8 Å². The zero-order chi connectivity index (χ0) is 16.3. The van der Waals surface area contributed by atoms with Crippen molar-refractivity contribution in [3.8, 4) is 6.07 Å². The quantitative estimate of drug-likeness (QED) is 0.846. The van der Waals surface area contributed by atoms with Crippen molar-refractivity contribution in [1.82, 2.24) is 0 Å². The Balaban J connectivity index is 3.42. The first-order valence-corrected chi connectivity index (χ1v) is 6.83. The molecule has 0 aromatic heterocycles. The summed E-state index contributed by atoms with van der Waals surface area (Å²) in [4.78, 5) is 1.97. The van der Waals surface area contributed by atoms with Crippen molar-refractivity contribution in [2.75, 3.05) is 26.1 Å². The number of hydrogen-bond acceptors (Lipinski definition) is 4. The summed E-state index contributed by atoms with van der Waals surface area (Å²) in [6.45, 7) is 5.34. The molecule has 0 spiro atoms. The van der Waals surface area contributed by atoms with Crippen molar-refractivity contribution in [2.24, 2.45) is 0 Å². The molecule has 0 radical (unpaired) electrons. The van der Waals surface area contributed by atoms with Crippen molar-refractivity contribution in [2.45, 2.75) is 32.0 Å². The van der Waals surface area contributed by atoms with Crippen molar-refractivity contribution in [3.05, 3.63) is 41.5 Å². The van der Waals surface area contributed by atoms with Gasteiger partial charge in [-0.25, -0.2) is 0 Å². The number of aliphatic hydroxyl groups is 1. The van der Waals surface area contributed by atoms with E-state index in [9.17, 15) is 10.4 Å². The summed E-state index contributed by atoms with van der Waals surface area (Å²) < 4.78 is 5.47. The molecule has 4 heteroatoms. The second kappa shape index (κ2) is 6.30. The third kappa shape index (κ3) is 3.26. The monoisotopic (exact) mass is 288 g/mol. The fourth-order valence-electron chi connectivity index (χ4n) is 2.50. The molecule has 0 saturated carbocycles. The predicted octanol–water partition coefficient (Wildman–Crippen LogP) is 2.84.